The van der Waals surface area contributed by atoms with Crippen molar-refractivity contribution < 1.29 is 4.57 Å². The van der Waals surface area contributed by atoms with E-state index in [-0.39, 0.29) is 0 Å². The fourth-order valence-corrected chi connectivity index (χ4v) is 2.38. The molecule has 0 fully saturated rings. The van der Waals surface area contributed by atoms with Crippen molar-refractivity contribution in [2.45, 2.75) is 78.2 Å². The lowest BCUT2D eigenvalue weighted by atomic mass is 10.1. The van der Waals surface area contributed by atoms with Crippen LogP contribution in [0.2, 0.25) is 0 Å². The largest absolute Gasteiger partial charge is 0.205 e. The van der Waals surface area contributed by atoms with Gasteiger partial charge in [0.15, 0.2) is 12.4 Å². The summed E-state index contributed by atoms with van der Waals surface area (Å²) in [6, 6.07) is 4.43. The minimum atomic E-state index is 1.07. The van der Waals surface area contributed by atoms with E-state index in [0.29, 0.717) is 0 Å². The maximum Gasteiger partial charge on any atom is 0.171 e. The first-order valence-electron chi connectivity index (χ1n) is 7.84. The molecule has 1 aromatic heterocycles. The number of pyridine rings is 1. The molecule has 0 radical (unpaired) electrons. The monoisotopic (exact) mass is 248 g/mol. The van der Waals surface area contributed by atoms with Crippen LogP contribution in [0.5, 0.6) is 0 Å². The minimum absolute atomic E-state index is 1.07. The Morgan fingerprint density at radius 1 is 0.889 bits per heavy atom. The molecule has 1 nitrogen and oxygen atoms in total. The van der Waals surface area contributed by atoms with Crippen molar-refractivity contribution in [1.82, 2.24) is 0 Å². The standard InChI is InChI=1S/C17H30N/c1-3-5-6-7-8-9-10-11-13-17-14-12-15-18(4-2)16-17/h12,14-16H,3-11,13H2,1-2H3/q+1. The number of rotatable bonds is 10. The van der Waals surface area contributed by atoms with Crippen molar-refractivity contribution in [3.05, 3.63) is 30.1 Å². The summed E-state index contributed by atoms with van der Waals surface area (Å²) in [4.78, 5) is 0. The number of nitrogens with zero attached hydrogens (tertiary/aromatic N) is 1. The number of hydrogen-bond donors (Lipinski definition) is 0. The van der Waals surface area contributed by atoms with Gasteiger partial charge in [0.25, 0.3) is 0 Å². The lowest BCUT2D eigenvalue weighted by Crippen LogP contribution is -2.31. The van der Waals surface area contributed by atoms with Gasteiger partial charge in [0.05, 0.1) is 0 Å². The minimum Gasteiger partial charge on any atom is -0.205 e. The summed E-state index contributed by atoms with van der Waals surface area (Å²) in [6.07, 6.45) is 16.9. The summed E-state index contributed by atoms with van der Waals surface area (Å²) in [5.41, 5.74) is 1.49. The second kappa shape index (κ2) is 10.1. The molecule has 0 aliphatic heterocycles. The first-order chi connectivity index (χ1) is 8.86. The molecule has 0 N–H and O–H groups in total. The van der Waals surface area contributed by atoms with Crippen molar-refractivity contribution in [1.29, 1.82) is 0 Å². The molecule has 102 valence electrons. The van der Waals surface area contributed by atoms with Crippen LogP contribution in [0.25, 0.3) is 0 Å². The molecule has 1 heteroatoms. The van der Waals surface area contributed by atoms with E-state index in [0.717, 1.165) is 6.54 Å². The molecule has 1 rings (SSSR count). The van der Waals surface area contributed by atoms with Crippen LogP contribution in [-0.4, -0.2) is 0 Å². The summed E-state index contributed by atoms with van der Waals surface area (Å²) < 4.78 is 2.26. The van der Waals surface area contributed by atoms with Crippen molar-refractivity contribution in [3.63, 3.8) is 0 Å². The van der Waals surface area contributed by atoms with Gasteiger partial charge in [0.2, 0.25) is 0 Å². The molecule has 1 aromatic rings. The van der Waals surface area contributed by atoms with Gasteiger partial charge in [-0.1, -0.05) is 51.9 Å². The number of unbranched alkanes of at least 4 members (excludes halogenated alkanes) is 7. The third-order valence-corrected chi connectivity index (χ3v) is 3.60. The summed E-state index contributed by atoms with van der Waals surface area (Å²) in [5.74, 6) is 0. The van der Waals surface area contributed by atoms with Crippen LogP contribution in [0, 0.1) is 0 Å². The smallest absolute Gasteiger partial charge is 0.171 e. The van der Waals surface area contributed by atoms with Gasteiger partial charge in [-0.05, 0) is 25.8 Å². The highest BCUT2D eigenvalue weighted by atomic mass is 14.9. The highest BCUT2D eigenvalue weighted by Gasteiger charge is 2.00. The molecular formula is C17H30N+. The van der Waals surface area contributed by atoms with Crippen LogP contribution < -0.4 is 4.57 Å². The number of aryl methyl sites for hydroxylation is 2. The molecule has 0 saturated heterocycles. The van der Waals surface area contributed by atoms with E-state index < -0.39 is 0 Å². The van der Waals surface area contributed by atoms with E-state index in [1.54, 1.807) is 0 Å². The molecule has 18 heavy (non-hydrogen) atoms. The zero-order valence-electron chi connectivity index (χ0n) is 12.3. The van der Waals surface area contributed by atoms with Crippen LogP contribution in [0.3, 0.4) is 0 Å². The molecule has 0 bridgehead atoms. The Morgan fingerprint density at radius 3 is 2.22 bits per heavy atom. The van der Waals surface area contributed by atoms with Gasteiger partial charge in [-0.15, -0.1) is 0 Å². The molecule has 0 aliphatic rings. The lowest BCUT2D eigenvalue weighted by Gasteiger charge is -2.02. The van der Waals surface area contributed by atoms with Gasteiger partial charge >= 0.3 is 0 Å². The van der Waals surface area contributed by atoms with Crippen LogP contribution >= 0.6 is 0 Å². The van der Waals surface area contributed by atoms with Crippen molar-refractivity contribution >= 4 is 0 Å². The quantitative estimate of drug-likeness (QED) is 0.418. The third-order valence-electron chi connectivity index (χ3n) is 3.60. The number of aromatic nitrogens is 1. The van der Waals surface area contributed by atoms with Crippen LogP contribution in [0.1, 0.15) is 70.8 Å². The maximum atomic E-state index is 2.29. The Bertz CT molecular complexity index is 306. The van der Waals surface area contributed by atoms with Crippen molar-refractivity contribution in [3.8, 4) is 0 Å². The summed E-state index contributed by atoms with van der Waals surface area (Å²) in [5, 5.41) is 0. The van der Waals surface area contributed by atoms with E-state index in [9.17, 15) is 0 Å². The van der Waals surface area contributed by atoms with Crippen LogP contribution in [0.15, 0.2) is 24.5 Å². The average molecular weight is 248 g/mol. The molecular weight excluding hydrogens is 218 g/mol. The van der Waals surface area contributed by atoms with Gasteiger partial charge in [0, 0.05) is 11.6 Å². The van der Waals surface area contributed by atoms with Crippen LogP contribution in [0.4, 0.5) is 0 Å². The highest BCUT2D eigenvalue weighted by Crippen LogP contribution is 2.10. The first kappa shape index (κ1) is 15.2. The lowest BCUT2D eigenvalue weighted by molar-refractivity contribution is -0.694. The molecule has 1 heterocycles. The Balaban J connectivity index is 2.03. The Kier molecular flexibility index (Phi) is 8.54. The predicted octanol–water partition coefficient (Wildman–Crippen LogP) is 4.68. The fraction of sp³-hybridized carbons (Fsp3) is 0.706. The topological polar surface area (TPSA) is 3.88 Å². The van der Waals surface area contributed by atoms with Gasteiger partial charge in [-0.2, -0.15) is 0 Å². The molecule has 0 spiro atoms. The van der Waals surface area contributed by atoms with Crippen molar-refractivity contribution in [2.75, 3.05) is 0 Å². The van der Waals surface area contributed by atoms with Gasteiger partial charge < -0.3 is 0 Å². The summed E-state index contributed by atoms with van der Waals surface area (Å²) >= 11 is 0. The van der Waals surface area contributed by atoms with E-state index in [1.165, 1.54) is 63.4 Å². The second-order valence-corrected chi connectivity index (χ2v) is 5.27. The molecule has 0 saturated carbocycles. The average Bonchev–Trinajstić information content (AvgIpc) is 2.42. The zero-order valence-corrected chi connectivity index (χ0v) is 12.3. The summed E-state index contributed by atoms with van der Waals surface area (Å²) in [6.45, 7) is 5.55. The first-order valence-corrected chi connectivity index (χ1v) is 7.84. The second-order valence-electron chi connectivity index (χ2n) is 5.27. The van der Waals surface area contributed by atoms with Gasteiger partial charge in [0.1, 0.15) is 6.54 Å². The Hall–Kier alpha value is -0.850. The molecule has 0 atom stereocenters. The van der Waals surface area contributed by atoms with E-state index in [4.69, 9.17) is 0 Å². The van der Waals surface area contributed by atoms with E-state index >= 15 is 0 Å². The maximum absolute atomic E-state index is 2.29. The van der Waals surface area contributed by atoms with Gasteiger partial charge in [-0.3, -0.25) is 0 Å². The van der Waals surface area contributed by atoms with E-state index in [1.807, 2.05) is 0 Å². The van der Waals surface area contributed by atoms with Gasteiger partial charge in [-0.25, -0.2) is 4.57 Å². The SMILES string of the molecule is CCCCCCCCCCc1ccc[n+](CC)c1. The summed E-state index contributed by atoms with van der Waals surface area (Å²) in [7, 11) is 0. The normalized spacial score (nSPS) is 10.8. The molecule has 0 aromatic carbocycles. The zero-order chi connectivity index (χ0) is 13.1. The van der Waals surface area contributed by atoms with Crippen LogP contribution in [-0.2, 0) is 13.0 Å². The van der Waals surface area contributed by atoms with Crippen molar-refractivity contribution in [2.24, 2.45) is 0 Å². The Morgan fingerprint density at radius 2 is 1.56 bits per heavy atom. The molecule has 0 amide bonds. The number of hydrogen-bond acceptors (Lipinski definition) is 0. The van der Waals surface area contributed by atoms with E-state index in [2.05, 4.69) is 42.9 Å². The Labute approximate surface area is 113 Å². The highest BCUT2D eigenvalue weighted by molar-refractivity contribution is 5.05. The molecule has 0 unspecified atom stereocenters. The third kappa shape index (κ3) is 6.78. The predicted molar refractivity (Wildman–Crippen MR) is 78.6 cm³/mol. The fourth-order valence-electron chi connectivity index (χ4n) is 2.38. The molecule has 0 aliphatic carbocycles.